The Morgan fingerprint density at radius 2 is 0.706 bits per heavy atom. The van der Waals surface area contributed by atoms with Crippen LogP contribution in [0.3, 0.4) is 0 Å². The van der Waals surface area contributed by atoms with Crippen molar-refractivity contribution in [1.82, 2.24) is 24.3 Å². The fraction of sp³-hybridized carbons (Fsp3) is 0. The molecule has 0 aliphatic carbocycles. The van der Waals surface area contributed by atoms with Crippen LogP contribution < -0.4 is 0 Å². The summed E-state index contributed by atoms with van der Waals surface area (Å²) in [6, 6.07) is 62.5. The van der Waals surface area contributed by atoms with Gasteiger partial charge < -0.3 is 0 Å². The zero-order valence-electron chi connectivity index (χ0n) is 27.6. The molecule has 0 aliphatic rings. The van der Waals surface area contributed by atoms with Gasteiger partial charge in [-0.3, -0.25) is 4.40 Å². The second-order valence-corrected chi connectivity index (χ2v) is 12.4. The molecular weight excluding hydrogens is 623 g/mol. The molecule has 0 saturated carbocycles. The molecule has 240 valence electrons. The van der Waals surface area contributed by atoms with E-state index in [0.717, 1.165) is 67.1 Å². The molecule has 51 heavy (non-hydrogen) atoms. The van der Waals surface area contributed by atoms with Crippen LogP contribution >= 0.6 is 0 Å². The summed E-state index contributed by atoms with van der Waals surface area (Å²) < 4.78 is 2.17. The number of imidazole rings is 1. The lowest BCUT2D eigenvalue weighted by Gasteiger charge is -2.13. The van der Waals surface area contributed by atoms with E-state index in [1.54, 1.807) is 0 Å². The summed E-state index contributed by atoms with van der Waals surface area (Å²) in [4.78, 5) is 20.1. The molecule has 0 aliphatic heterocycles. The lowest BCUT2D eigenvalue weighted by molar-refractivity contribution is 1.07. The number of hydrogen-bond acceptors (Lipinski definition) is 4. The maximum Gasteiger partial charge on any atom is 0.164 e. The lowest BCUT2D eigenvalue weighted by Crippen LogP contribution is -2.00. The average Bonchev–Trinajstić information content (AvgIpc) is 3.62. The van der Waals surface area contributed by atoms with Gasteiger partial charge in [-0.15, -0.1) is 0 Å². The van der Waals surface area contributed by atoms with Crippen LogP contribution in [0.4, 0.5) is 0 Å². The third-order valence-electron chi connectivity index (χ3n) is 9.07. The van der Waals surface area contributed by atoms with Crippen molar-refractivity contribution in [3.63, 3.8) is 0 Å². The molecule has 9 aromatic rings. The fourth-order valence-electron chi connectivity index (χ4n) is 6.55. The standard InChI is InChI=1S/C46H31N5/c1-5-15-32(16-6-1)38-29-39(31-40(30-38)46-49-44(36-19-9-3-10-20-36)48-45(50-46)37-21-11-4-12-22-37)33-24-26-35(27-25-33)43-42(34-17-7-2-8-18-34)47-41-23-13-14-28-51(41)43/h1-31H. The van der Waals surface area contributed by atoms with Gasteiger partial charge in [-0.05, 0) is 52.6 Å². The highest BCUT2D eigenvalue weighted by Crippen LogP contribution is 2.36. The molecule has 0 unspecified atom stereocenters. The Morgan fingerprint density at radius 3 is 1.25 bits per heavy atom. The maximum atomic E-state index is 5.05. The van der Waals surface area contributed by atoms with Crippen LogP contribution in [-0.2, 0) is 0 Å². The minimum Gasteiger partial charge on any atom is -0.299 e. The first-order valence-corrected chi connectivity index (χ1v) is 17.0. The highest BCUT2D eigenvalue weighted by Gasteiger charge is 2.17. The summed E-state index contributed by atoms with van der Waals surface area (Å²) in [5.41, 5.74) is 12.3. The van der Waals surface area contributed by atoms with Crippen LogP contribution in [0.5, 0.6) is 0 Å². The Hall–Kier alpha value is -6.98. The quantitative estimate of drug-likeness (QED) is 0.172. The van der Waals surface area contributed by atoms with E-state index in [0.29, 0.717) is 17.5 Å². The van der Waals surface area contributed by atoms with E-state index >= 15 is 0 Å². The van der Waals surface area contributed by atoms with E-state index in [1.807, 2.05) is 84.9 Å². The van der Waals surface area contributed by atoms with Crippen molar-refractivity contribution in [3.05, 3.63) is 188 Å². The van der Waals surface area contributed by atoms with Gasteiger partial charge in [-0.2, -0.15) is 0 Å². The molecular formula is C46H31N5. The number of pyridine rings is 1. The second kappa shape index (κ2) is 13.1. The summed E-state index contributed by atoms with van der Waals surface area (Å²) in [6.45, 7) is 0. The molecule has 3 heterocycles. The van der Waals surface area contributed by atoms with Crippen molar-refractivity contribution < 1.29 is 0 Å². The number of benzene rings is 6. The SMILES string of the molecule is c1ccc(-c2cc(-c3ccc(-c4c(-c5ccccc5)nc5ccccn45)cc3)cc(-c3nc(-c4ccccc4)nc(-c4ccccc4)n3)c2)cc1. The Bertz CT molecular complexity index is 2540. The van der Waals surface area contributed by atoms with Crippen molar-refractivity contribution in [1.29, 1.82) is 0 Å². The van der Waals surface area contributed by atoms with E-state index < -0.39 is 0 Å². The van der Waals surface area contributed by atoms with Crippen molar-refractivity contribution in [2.45, 2.75) is 0 Å². The van der Waals surface area contributed by atoms with Gasteiger partial charge in [-0.1, -0.05) is 152 Å². The molecule has 5 nitrogen and oxygen atoms in total. The van der Waals surface area contributed by atoms with E-state index in [4.69, 9.17) is 19.9 Å². The Balaban J connectivity index is 1.19. The zero-order chi connectivity index (χ0) is 34.0. The van der Waals surface area contributed by atoms with Crippen LogP contribution in [0.25, 0.3) is 84.6 Å². The molecule has 0 saturated heterocycles. The highest BCUT2D eigenvalue weighted by atomic mass is 15.0. The summed E-state index contributed by atoms with van der Waals surface area (Å²) in [5.74, 6) is 1.90. The van der Waals surface area contributed by atoms with Crippen LogP contribution in [0.15, 0.2) is 188 Å². The molecule has 0 fully saturated rings. The summed E-state index contributed by atoms with van der Waals surface area (Å²) >= 11 is 0. The van der Waals surface area contributed by atoms with Crippen LogP contribution in [0, 0.1) is 0 Å². The van der Waals surface area contributed by atoms with E-state index in [1.165, 1.54) is 0 Å². The van der Waals surface area contributed by atoms with Gasteiger partial charge in [0, 0.05) is 34.0 Å². The van der Waals surface area contributed by atoms with Crippen LogP contribution in [-0.4, -0.2) is 24.3 Å². The molecule has 6 aromatic carbocycles. The minimum absolute atomic E-state index is 0.622. The molecule has 0 N–H and O–H groups in total. The number of aromatic nitrogens is 5. The predicted molar refractivity (Wildman–Crippen MR) is 207 cm³/mol. The molecule has 5 heteroatoms. The van der Waals surface area contributed by atoms with Crippen molar-refractivity contribution in [2.75, 3.05) is 0 Å². The van der Waals surface area contributed by atoms with Gasteiger partial charge >= 0.3 is 0 Å². The van der Waals surface area contributed by atoms with E-state index in [9.17, 15) is 0 Å². The Labute approximate surface area is 296 Å². The first-order valence-electron chi connectivity index (χ1n) is 17.0. The molecule has 0 radical (unpaired) electrons. The summed E-state index contributed by atoms with van der Waals surface area (Å²) in [7, 11) is 0. The maximum absolute atomic E-state index is 5.05. The number of hydrogen-bond donors (Lipinski definition) is 0. The smallest absolute Gasteiger partial charge is 0.164 e. The number of nitrogens with zero attached hydrogens (tertiary/aromatic N) is 5. The van der Waals surface area contributed by atoms with Crippen molar-refractivity contribution in [2.24, 2.45) is 0 Å². The third kappa shape index (κ3) is 5.98. The Kier molecular flexibility index (Phi) is 7.76. The normalized spacial score (nSPS) is 11.1. The molecule has 3 aromatic heterocycles. The molecule has 0 amide bonds. The second-order valence-electron chi connectivity index (χ2n) is 12.4. The average molecular weight is 654 g/mol. The fourth-order valence-corrected chi connectivity index (χ4v) is 6.55. The lowest BCUT2D eigenvalue weighted by atomic mass is 9.94. The van der Waals surface area contributed by atoms with Crippen LogP contribution in [0.1, 0.15) is 0 Å². The first kappa shape index (κ1) is 30.1. The van der Waals surface area contributed by atoms with Crippen molar-refractivity contribution in [3.8, 4) is 78.9 Å². The Morgan fingerprint density at radius 1 is 0.294 bits per heavy atom. The first-order chi connectivity index (χ1) is 25.3. The molecule has 0 bridgehead atoms. The monoisotopic (exact) mass is 653 g/mol. The van der Waals surface area contributed by atoms with E-state index in [-0.39, 0.29) is 0 Å². The van der Waals surface area contributed by atoms with Gasteiger partial charge in [0.2, 0.25) is 0 Å². The van der Waals surface area contributed by atoms with Gasteiger partial charge in [0.1, 0.15) is 5.65 Å². The number of rotatable bonds is 7. The van der Waals surface area contributed by atoms with Gasteiger partial charge in [0.15, 0.2) is 17.5 Å². The summed E-state index contributed by atoms with van der Waals surface area (Å²) in [6.07, 6.45) is 2.08. The highest BCUT2D eigenvalue weighted by molar-refractivity contribution is 5.85. The largest absolute Gasteiger partial charge is 0.299 e. The van der Waals surface area contributed by atoms with Crippen molar-refractivity contribution >= 4 is 5.65 Å². The predicted octanol–water partition coefficient (Wildman–Crippen LogP) is 11.2. The topological polar surface area (TPSA) is 56.0 Å². The van der Waals surface area contributed by atoms with Crippen LogP contribution in [0.2, 0.25) is 0 Å². The summed E-state index contributed by atoms with van der Waals surface area (Å²) in [5, 5.41) is 0. The minimum atomic E-state index is 0.622. The van der Waals surface area contributed by atoms with Gasteiger partial charge in [0.05, 0.1) is 11.4 Å². The van der Waals surface area contributed by atoms with Gasteiger partial charge in [0.25, 0.3) is 0 Å². The molecule has 0 atom stereocenters. The molecule has 0 spiro atoms. The van der Waals surface area contributed by atoms with Gasteiger partial charge in [-0.25, -0.2) is 19.9 Å². The third-order valence-corrected chi connectivity index (χ3v) is 9.07. The molecule has 9 rings (SSSR count). The number of fused-ring (bicyclic) bond motifs is 1. The van der Waals surface area contributed by atoms with E-state index in [2.05, 4.69) is 108 Å². The zero-order valence-corrected chi connectivity index (χ0v) is 27.6.